The molecule has 2 aromatic carbocycles. The average Bonchev–Trinajstić information content (AvgIpc) is 3.21. The summed E-state index contributed by atoms with van der Waals surface area (Å²) < 4.78 is 13.1. The second-order valence-electron chi connectivity index (χ2n) is 8.54. The van der Waals surface area contributed by atoms with Gasteiger partial charge in [0, 0.05) is 25.6 Å². The van der Waals surface area contributed by atoms with E-state index < -0.39 is 0 Å². The Morgan fingerprint density at radius 1 is 1.03 bits per heavy atom. The predicted molar refractivity (Wildman–Crippen MR) is 128 cm³/mol. The van der Waals surface area contributed by atoms with Gasteiger partial charge in [-0.3, -0.25) is 4.79 Å². The molecule has 0 bridgehead atoms. The lowest BCUT2D eigenvalue weighted by Crippen LogP contribution is -2.41. The van der Waals surface area contributed by atoms with Crippen molar-refractivity contribution in [2.45, 2.75) is 31.0 Å². The van der Waals surface area contributed by atoms with Crippen LogP contribution in [0.25, 0.3) is 0 Å². The number of morpholine rings is 1. The molecule has 2 heterocycles. The van der Waals surface area contributed by atoms with Gasteiger partial charge in [0.15, 0.2) is 11.0 Å². The van der Waals surface area contributed by atoms with Gasteiger partial charge in [0.1, 0.15) is 12.4 Å². The van der Waals surface area contributed by atoms with Gasteiger partial charge in [-0.25, -0.2) is 0 Å². The Bertz CT molecular complexity index is 1060. The van der Waals surface area contributed by atoms with Crippen LogP contribution in [-0.2, 0) is 28.6 Å². The predicted octanol–water partition coefficient (Wildman–Crippen LogP) is 3.67. The quantitative estimate of drug-likeness (QED) is 0.472. The fourth-order valence-corrected chi connectivity index (χ4v) is 4.60. The minimum Gasteiger partial charge on any atom is -0.486 e. The first-order valence-corrected chi connectivity index (χ1v) is 12.1. The first-order valence-electron chi connectivity index (χ1n) is 11.1. The van der Waals surface area contributed by atoms with E-state index in [2.05, 4.69) is 60.4 Å². The lowest BCUT2D eigenvalue weighted by molar-refractivity contribution is -0.132. The van der Waals surface area contributed by atoms with Gasteiger partial charge in [0.05, 0.1) is 19.0 Å². The molecule has 4 rings (SSSR count). The van der Waals surface area contributed by atoms with E-state index in [9.17, 15) is 4.79 Å². The molecule has 0 saturated carbocycles. The maximum absolute atomic E-state index is 12.4. The second-order valence-corrected chi connectivity index (χ2v) is 9.49. The van der Waals surface area contributed by atoms with Crippen LogP contribution in [0.3, 0.4) is 0 Å². The molecule has 33 heavy (non-hydrogen) atoms. The summed E-state index contributed by atoms with van der Waals surface area (Å²) in [5, 5.41) is 9.17. The molecule has 8 heteroatoms. The minimum atomic E-state index is -0.0891. The van der Waals surface area contributed by atoms with Crippen molar-refractivity contribution in [1.29, 1.82) is 0 Å². The van der Waals surface area contributed by atoms with E-state index in [1.807, 2.05) is 34.7 Å². The molecule has 3 aromatic rings. The van der Waals surface area contributed by atoms with E-state index in [0.717, 1.165) is 5.75 Å². The fraction of sp³-hybridized carbons (Fsp3) is 0.400. The van der Waals surface area contributed by atoms with Crippen molar-refractivity contribution in [3.05, 3.63) is 71.5 Å². The van der Waals surface area contributed by atoms with Gasteiger partial charge in [-0.2, -0.15) is 0 Å². The zero-order valence-electron chi connectivity index (χ0n) is 19.4. The van der Waals surface area contributed by atoms with Crippen LogP contribution in [-0.4, -0.2) is 57.6 Å². The zero-order valence-corrected chi connectivity index (χ0v) is 20.2. The van der Waals surface area contributed by atoms with Gasteiger partial charge in [-0.1, -0.05) is 68.1 Å². The van der Waals surface area contributed by atoms with E-state index in [1.165, 1.54) is 22.9 Å². The van der Waals surface area contributed by atoms with Crippen molar-refractivity contribution in [1.82, 2.24) is 19.7 Å². The van der Waals surface area contributed by atoms with Crippen molar-refractivity contribution in [2.24, 2.45) is 7.05 Å². The molecule has 1 fully saturated rings. The molecule has 0 aliphatic carbocycles. The Morgan fingerprint density at radius 3 is 2.39 bits per heavy atom. The molecule has 1 aliphatic heterocycles. The average molecular weight is 467 g/mol. The van der Waals surface area contributed by atoms with Gasteiger partial charge in [-0.15, -0.1) is 10.2 Å². The molecular formula is C25H30N4O3S. The summed E-state index contributed by atoms with van der Waals surface area (Å²) in [6.45, 7) is 7.26. The third-order valence-corrected chi connectivity index (χ3v) is 7.06. The van der Waals surface area contributed by atoms with Crippen molar-refractivity contribution < 1.29 is 14.3 Å². The van der Waals surface area contributed by atoms with Crippen LogP contribution >= 0.6 is 11.8 Å². The smallest absolute Gasteiger partial charge is 0.233 e. The second kappa shape index (κ2) is 10.4. The highest BCUT2D eigenvalue weighted by atomic mass is 32.2. The fourth-order valence-electron chi connectivity index (χ4n) is 3.76. The number of carbonyl (C=O) groups excluding carboxylic acids is 1. The Kier molecular flexibility index (Phi) is 7.35. The summed E-state index contributed by atoms with van der Waals surface area (Å²) in [5.74, 6) is 1.93. The van der Waals surface area contributed by atoms with E-state index in [0.29, 0.717) is 49.6 Å². The molecule has 0 radical (unpaired) electrons. The monoisotopic (exact) mass is 466 g/mol. The van der Waals surface area contributed by atoms with Gasteiger partial charge < -0.3 is 18.9 Å². The number of thioether (sulfide) groups is 1. The number of amides is 1. The topological polar surface area (TPSA) is 69.5 Å². The van der Waals surface area contributed by atoms with Gasteiger partial charge in [-0.05, 0) is 23.3 Å². The lowest BCUT2D eigenvalue weighted by Gasteiger charge is -2.26. The number of benzene rings is 2. The number of hydrogen-bond acceptors (Lipinski definition) is 6. The summed E-state index contributed by atoms with van der Waals surface area (Å²) >= 11 is 1.40. The van der Waals surface area contributed by atoms with E-state index >= 15 is 0 Å². The Labute approximate surface area is 199 Å². The van der Waals surface area contributed by atoms with Crippen LogP contribution in [0.15, 0.2) is 59.8 Å². The van der Waals surface area contributed by atoms with Crippen molar-refractivity contribution in [3.63, 3.8) is 0 Å². The molecule has 1 aromatic heterocycles. The van der Waals surface area contributed by atoms with E-state index in [4.69, 9.17) is 9.47 Å². The zero-order chi connectivity index (χ0) is 23.3. The van der Waals surface area contributed by atoms with Crippen LogP contribution in [0.4, 0.5) is 0 Å². The molecule has 0 atom stereocenters. The Morgan fingerprint density at radius 2 is 1.70 bits per heavy atom. The number of aromatic nitrogens is 3. The van der Waals surface area contributed by atoms with Crippen molar-refractivity contribution >= 4 is 17.7 Å². The first-order chi connectivity index (χ1) is 15.9. The molecule has 1 amide bonds. The Hall–Kier alpha value is -2.84. The highest BCUT2D eigenvalue weighted by Crippen LogP contribution is 2.32. The third kappa shape index (κ3) is 5.57. The van der Waals surface area contributed by atoms with E-state index in [1.54, 1.807) is 0 Å². The van der Waals surface area contributed by atoms with Crippen molar-refractivity contribution in [2.75, 3.05) is 32.1 Å². The van der Waals surface area contributed by atoms with E-state index in [-0.39, 0.29) is 11.3 Å². The maximum atomic E-state index is 12.4. The van der Waals surface area contributed by atoms with Gasteiger partial charge >= 0.3 is 0 Å². The van der Waals surface area contributed by atoms with Crippen LogP contribution in [0, 0.1) is 0 Å². The largest absolute Gasteiger partial charge is 0.486 e. The number of rotatable bonds is 8. The lowest BCUT2D eigenvalue weighted by atomic mass is 9.78. The summed E-state index contributed by atoms with van der Waals surface area (Å²) in [4.78, 5) is 14.2. The van der Waals surface area contributed by atoms with Gasteiger partial charge in [0.2, 0.25) is 5.91 Å². The summed E-state index contributed by atoms with van der Waals surface area (Å²) in [6.07, 6.45) is 0. The first kappa shape index (κ1) is 23.3. The van der Waals surface area contributed by atoms with Crippen LogP contribution in [0.5, 0.6) is 5.75 Å². The molecule has 0 unspecified atom stereocenters. The standard InChI is InChI=1S/C25H30N4O3S/c1-25(2,19-7-5-4-6-8-19)20-9-11-21(12-10-20)32-17-22-26-27-24(28(22)3)33-18-23(30)29-13-15-31-16-14-29/h4-12H,13-18H2,1-3H3. The molecular weight excluding hydrogens is 436 g/mol. The molecule has 1 saturated heterocycles. The summed E-state index contributed by atoms with van der Waals surface area (Å²) in [7, 11) is 1.89. The SMILES string of the molecule is Cn1c(COc2ccc(C(C)(C)c3ccccc3)cc2)nnc1SCC(=O)N1CCOCC1. The van der Waals surface area contributed by atoms with Crippen LogP contribution < -0.4 is 4.74 Å². The maximum Gasteiger partial charge on any atom is 0.233 e. The Balaban J connectivity index is 1.32. The molecule has 1 aliphatic rings. The molecule has 174 valence electrons. The highest BCUT2D eigenvalue weighted by Gasteiger charge is 2.23. The normalized spacial score (nSPS) is 14.3. The van der Waals surface area contributed by atoms with Crippen LogP contribution in [0.1, 0.15) is 30.8 Å². The number of nitrogens with zero attached hydrogens (tertiary/aromatic N) is 4. The van der Waals surface area contributed by atoms with Crippen molar-refractivity contribution in [3.8, 4) is 5.75 Å². The number of carbonyl (C=O) groups is 1. The number of hydrogen-bond donors (Lipinski definition) is 0. The third-order valence-electron chi connectivity index (χ3n) is 6.05. The molecule has 0 N–H and O–H groups in total. The highest BCUT2D eigenvalue weighted by molar-refractivity contribution is 7.99. The molecule has 0 spiro atoms. The molecule has 7 nitrogen and oxygen atoms in total. The van der Waals surface area contributed by atoms with Gasteiger partial charge in [0.25, 0.3) is 0 Å². The summed E-state index contributed by atoms with van der Waals surface area (Å²) in [5.41, 5.74) is 2.41. The minimum absolute atomic E-state index is 0.0891. The summed E-state index contributed by atoms with van der Waals surface area (Å²) in [6, 6.07) is 18.7. The van der Waals surface area contributed by atoms with Crippen LogP contribution in [0.2, 0.25) is 0 Å². The number of ether oxygens (including phenoxy) is 2.